The zero-order valence-corrected chi connectivity index (χ0v) is 10.9. The molecule has 2 heteroatoms. The van der Waals surface area contributed by atoms with E-state index in [2.05, 4.69) is 32.0 Å². The maximum absolute atomic E-state index is 6.06. The fourth-order valence-corrected chi connectivity index (χ4v) is 2.61. The molecule has 0 spiro atoms. The van der Waals surface area contributed by atoms with Crippen molar-refractivity contribution in [3.05, 3.63) is 29.3 Å². The highest BCUT2D eigenvalue weighted by molar-refractivity contribution is 5.35. The van der Waals surface area contributed by atoms with E-state index in [4.69, 9.17) is 10.5 Å². The van der Waals surface area contributed by atoms with Gasteiger partial charge in [-0.05, 0) is 56.2 Å². The van der Waals surface area contributed by atoms with Crippen LogP contribution in [0.1, 0.15) is 36.8 Å². The third-order valence-corrected chi connectivity index (χ3v) is 3.81. The van der Waals surface area contributed by atoms with E-state index >= 15 is 0 Å². The average molecular weight is 233 g/mol. The third-order valence-electron chi connectivity index (χ3n) is 3.81. The summed E-state index contributed by atoms with van der Waals surface area (Å²) in [6.07, 6.45) is 4.84. The molecule has 0 heterocycles. The van der Waals surface area contributed by atoms with Gasteiger partial charge in [0.2, 0.25) is 0 Å². The first kappa shape index (κ1) is 12.4. The van der Waals surface area contributed by atoms with E-state index < -0.39 is 0 Å². The Morgan fingerprint density at radius 1 is 1.29 bits per heavy atom. The SMILES string of the molecule is Cc1ccc(C)c(OCCC2CCCC2N)c1. The molecule has 2 atom stereocenters. The van der Waals surface area contributed by atoms with Gasteiger partial charge in [-0.15, -0.1) is 0 Å². The minimum absolute atomic E-state index is 0.400. The van der Waals surface area contributed by atoms with E-state index in [9.17, 15) is 0 Å². The zero-order valence-electron chi connectivity index (χ0n) is 10.9. The number of rotatable bonds is 4. The Morgan fingerprint density at radius 3 is 2.82 bits per heavy atom. The van der Waals surface area contributed by atoms with Gasteiger partial charge in [-0.1, -0.05) is 18.6 Å². The summed E-state index contributed by atoms with van der Waals surface area (Å²) in [4.78, 5) is 0. The largest absolute Gasteiger partial charge is 0.493 e. The van der Waals surface area contributed by atoms with Crippen molar-refractivity contribution in [2.75, 3.05) is 6.61 Å². The number of aryl methyl sites for hydroxylation is 2. The van der Waals surface area contributed by atoms with Crippen LogP contribution in [0.5, 0.6) is 5.75 Å². The Kier molecular flexibility index (Phi) is 4.06. The molecule has 2 rings (SSSR count). The van der Waals surface area contributed by atoms with Crippen LogP contribution < -0.4 is 10.5 Å². The first-order valence-corrected chi connectivity index (χ1v) is 6.62. The van der Waals surface area contributed by atoms with Crippen LogP contribution in [-0.4, -0.2) is 12.6 Å². The highest BCUT2D eigenvalue weighted by Crippen LogP contribution is 2.27. The van der Waals surface area contributed by atoms with Crippen molar-refractivity contribution in [3.8, 4) is 5.75 Å². The van der Waals surface area contributed by atoms with Crippen molar-refractivity contribution < 1.29 is 4.74 Å². The Hall–Kier alpha value is -1.02. The molecule has 2 N–H and O–H groups in total. The first-order chi connectivity index (χ1) is 8.16. The van der Waals surface area contributed by atoms with Crippen molar-refractivity contribution in [1.82, 2.24) is 0 Å². The maximum Gasteiger partial charge on any atom is 0.122 e. The second-order valence-corrected chi connectivity index (χ2v) is 5.26. The fourth-order valence-electron chi connectivity index (χ4n) is 2.61. The lowest BCUT2D eigenvalue weighted by Gasteiger charge is -2.16. The molecule has 2 nitrogen and oxygen atoms in total. The molecule has 0 aromatic heterocycles. The van der Waals surface area contributed by atoms with Crippen molar-refractivity contribution in [2.45, 2.75) is 45.6 Å². The first-order valence-electron chi connectivity index (χ1n) is 6.62. The highest BCUT2D eigenvalue weighted by Gasteiger charge is 2.23. The van der Waals surface area contributed by atoms with E-state index in [0.29, 0.717) is 12.0 Å². The molecule has 0 radical (unpaired) electrons. The minimum atomic E-state index is 0.400. The Balaban J connectivity index is 1.83. The molecule has 1 aromatic carbocycles. The van der Waals surface area contributed by atoms with Gasteiger partial charge >= 0.3 is 0 Å². The summed E-state index contributed by atoms with van der Waals surface area (Å²) in [6.45, 7) is 4.98. The van der Waals surface area contributed by atoms with Gasteiger partial charge in [-0.2, -0.15) is 0 Å². The topological polar surface area (TPSA) is 35.2 Å². The third kappa shape index (κ3) is 3.22. The molecule has 1 aliphatic rings. The van der Waals surface area contributed by atoms with Crippen LogP contribution in [-0.2, 0) is 0 Å². The quantitative estimate of drug-likeness (QED) is 0.866. The van der Waals surface area contributed by atoms with Crippen molar-refractivity contribution in [3.63, 3.8) is 0 Å². The lowest BCUT2D eigenvalue weighted by Crippen LogP contribution is -2.25. The normalized spacial score (nSPS) is 23.9. The van der Waals surface area contributed by atoms with Crippen molar-refractivity contribution in [1.29, 1.82) is 0 Å². The van der Waals surface area contributed by atoms with E-state index in [1.165, 1.54) is 30.4 Å². The monoisotopic (exact) mass is 233 g/mol. The smallest absolute Gasteiger partial charge is 0.122 e. The van der Waals surface area contributed by atoms with Crippen LogP contribution in [0.2, 0.25) is 0 Å². The molecule has 0 amide bonds. The van der Waals surface area contributed by atoms with E-state index in [0.717, 1.165) is 18.8 Å². The summed E-state index contributed by atoms with van der Waals surface area (Å²) in [6, 6.07) is 6.75. The van der Waals surface area contributed by atoms with Crippen LogP contribution in [0, 0.1) is 19.8 Å². The van der Waals surface area contributed by atoms with E-state index in [1.54, 1.807) is 0 Å². The van der Waals surface area contributed by atoms with Crippen LogP contribution in [0.15, 0.2) is 18.2 Å². The number of hydrogen-bond donors (Lipinski definition) is 1. The predicted octanol–water partition coefficient (Wildman–Crippen LogP) is 3.20. The van der Waals surface area contributed by atoms with Crippen LogP contribution in [0.4, 0.5) is 0 Å². The second kappa shape index (κ2) is 5.54. The molecule has 1 aromatic rings. The summed E-state index contributed by atoms with van der Waals surface area (Å²) in [5, 5.41) is 0. The molecule has 1 fully saturated rings. The van der Waals surface area contributed by atoms with Gasteiger partial charge in [-0.3, -0.25) is 0 Å². The van der Waals surface area contributed by atoms with Gasteiger partial charge in [0.1, 0.15) is 5.75 Å². The molecule has 0 saturated heterocycles. The molecule has 94 valence electrons. The minimum Gasteiger partial charge on any atom is -0.493 e. The average Bonchev–Trinajstić information content (AvgIpc) is 2.70. The number of benzene rings is 1. The van der Waals surface area contributed by atoms with Gasteiger partial charge < -0.3 is 10.5 Å². The Bertz CT molecular complexity index is 375. The van der Waals surface area contributed by atoms with E-state index in [1.807, 2.05) is 0 Å². The van der Waals surface area contributed by atoms with Gasteiger partial charge in [0.05, 0.1) is 6.61 Å². The van der Waals surface area contributed by atoms with Gasteiger partial charge in [0.25, 0.3) is 0 Å². The maximum atomic E-state index is 6.06. The van der Waals surface area contributed by atoms with Gasteiger partial charge in [0.15, 0.2) is 0 Å². The molecule has 1 aliphatic carbocycles. The molecule has 0 bridgehead atoms. The lowest BCUT2D eigenvalue weighted by molar-refractivity contribution is 0.269. The van der Waals surface area contributed by atoms with Crippen LogP contribution in [0.25, 0.3) is 0 Å². The molecule has 0 aliphatic heterocycles. The summed E-state index contributed by atoms with van der Waals surface area (Å²) >= 11 is 0. The Morgan fingerprint density at radius 2 is 2.12 bits per heavy atom. The summed E-state index contributed by atoms with van der Waals surface area (Å²) < 4.78 is 5.87. The Labute approximate surface area is 104 Å². The van der Waals surface area contributed by atoms with Gasteiger partial charge in [0, 0.05) is 6.04 Å². The second-order valence-electron chi connectivity index (χ2n) is 5.26. The van der Waals surface area contributed by atoms with Gasteiger partial charge in [-0.25, -0.2) is 0 Å². The van der Waals surface area contributed by atoms with Crippen molar-refractivity contribution in [2.24, 2.45) is 11.7 Å². The summed E-state index contributed by atoms with van der Waals surface area (Å²) in [5.74, 6) is 1.69. The number of nitrogens with two attached hydrogens (primary N) is 1. The summed E-state index contributed by atoms with van der Waals surface area (Å²) in [5.41, 5.74) is 8.52. The standard InChI is InChI=1S/C15H23NO/c1-11-6-7-12(2)15(10-11)17-9-8-13-4-3-5-14(13)16/h6-7,10,13-14H,3-5,8-9,16H2,1-2H3. The molecule has 1 saturated carbocycles. The molecular weight excluding hydrogens is 210 g/mol. The molecule has 2 unspecified atom stereocenters. The molecular formula is C15H23NO. The number of hydrogen-bond acceptors (Lipinski definition) is 2. The summed E-state index contributed by atoms with van der Waals surface area (Å²) in [7, 11) is 0. The number of ether oxygens (including phenoxy) is 1. The lowest BCUT2D eigenvalue weighted by atomic mass is 10.0. The zero-order chi connectivity index (χ0) is 12.3. The van der Waals surface area contributed by atoms with Crippen LogP contribution in [0.3, 0.4) is 0 Å². The van der Waals surface area contributed by atoms with Crippen LogP contribution >= 0.6 is 0 Å². The highest BCUT2D eigenvalue weighted by atomic mass is 16.5. The van der Waals surface area contributed by atoms with E-state index in [-0.39, 0.29) is 0 Å². The predicted molar refractivity (Wildman–Crippen MR) is 71.3 cm³/mol. The van der Waals surface area contributed by atoms with Crippen molar-refractivity contribution >= 4 is 0 Å². The fraction of sp³-hybridized carbons (Fsp3) is 0.600. The molecule has 17 heavy (non-hydrogen) atoms.